The number of alkyl halides is 3. The van der Waals surface area contributed by atoms with E-state index in [0.717, 1.165) is 23.4 Å². The maximum atomic E-state index is 12.6. The normalized spacial score (nSPS) is 14.7. The van der Waals surface area contributed by atoms with E-state index in [-0.39, 0.29) is 18.3 Å². The third-order valence-electron chi connectivity index (χ3n) is 4.56. The first-order chi connectivity index (χ1) is 12.4. The molecule has 27 heavy (non-hydrogen) atoms. The van der Waals surface area contributed by atoms with Gasteiger partial charge < -0.3 is 15.5 Å². The van der Waals surface area contributed by atoms with Gasteiger partial charge in [0.15, 0.2) is 0 Å². The van der Waals surface area contributed by atoms with Gasteiger partial charge in [-0.15, -0.1) is 12.4 Å². The number of carbonyl (C=O) groups is 1. The highest BCUT2D eigenvalue weighted by Gasteiger charge is 2.30. The number of carbonyl (C=O) groups excluding carboxylic acids is 1. The molecule has 0 atom stereocenters. The van der Waals surface area contributed by atoms with Gasteiger partial charge in [-0.3, -0.25) is 4.79 Å². The molecule has 1 saturated heterocycles. The van der Waals surface area contributed by atoms with Crippen molar-refractivity contribution in [2.45, 2.75) is 12.7 Å². The molecule has 0 spiro atoms. The molecule has 1 fully saturated rings. The van der Waals surface area contributed by atoms with Crippen LogP contribution in [0.4, 0.5) is 18.9 Å². The van der Waals surface area contributed by atoms with Crippen molar-refractivity contribution in [3.8, 4) is 0 Å². The molecule has 1 amide bonds. The van der Waals surface area contributed by atoms with Crippen molar-refractivity contribution in [1.82, 2.24) is 4.90 Å². The SMILES string of the molecule is Cl.NCc1ccc(C(=O)N2CCN(c3ccc(C(F)(F)F)cc3)CC2)cc1. The Kier molecular flexibility index (Phi) is 6.73. The van der Waals surface area contributed by atoms with Crippen molar-refractivity contribution in [1.29, 1.82) is 0 Å². The number of hydrogen-bond donors (Lipinski definition) is 1. The van der Waals surface area contributed by atoms with Crippen LogP contribution in [0.15, 0.2) is 48.5 Å². The monoisotopic (exact) mass is 399 g/mol. The summed E-state index contributed by atoms with van der Waals surface area (Å²) in [4.78, 5) is 16.3. The van der Waals surface area contributed by atoms with E-state index in [1.807, 2.05) is 17.0 Å². The summed E-state index contributed by atoms with van der Waals surface area (Å²) >= 11 is 0. The number of amides is 1. The van der Waals surface area contributed by atoms with Gasteiger partial charge >= 0.3 is 6.18 Å². The first-order valence-electron chi connectivity index (χ1n) is 8.39. The predicted molar refractivity (Wildman–Crippen MR) is 101 cm³/mol. The fraction of sp³-hybridized carbons (Fsp3) is 0.316. The Morgan fingerprint density at radius 3 is 1.96 bits per heavy atom. The second-order valence-electron chi connectivity index (χ2n) is 6.22. The summed E-state index contributed by atoms with van der Waals surface area (Å²) in [7, 11) is 0. The van der Waals surface area contributed by atoms with Crippen molar-refractivity contribution in [3.05, 3.63) is 65.2 Å². The van der Waals surface area contributed by atoms with Crippen molar-refractivity contribution in [2.75, 3.05) is 31.1 Å². The molecule has 0 radical (unpaired) electrons. The predicted octanol–water partition coefficient (Wildman–Crippen LogP) is 3.55. The van der Waals surface area contributed by atoms with E-state index in [4.69, 9.17) is 5.73 Å². The maximum Gasteiger partial charge on any atom is 0.416 e. The molecule has 2 aromatic rings. The second-order valence-corrected chi connectivity index (χ2v) is 6.22. The molecule has 3 rings (SSSR count). The van der Waals surface area contributed by atoms with Crippen LogP contribution < -0.4 is 10.6 Å². The Hall–Kier alpha value is -2.25. The average molecular weight is 400 g/mol. The summed E-state index contributed by atoms with van der Waals surface area (Å²) < 4.78 is 37.9. The fourth-order valence-corrected chi connectivity index (χ4v) is 2.99. The lowest BCUT2D eigenvalue weighted by atomic mass is 10.1. The molecular weight excluding hydrogens is 379 g/mol. The van der Waals surface area contributed by atoms with Crippen LogP contribution in [-0.4, -0.2) is 37.0 Å². The lowest BCUT2D eigenvalue weighted by Gasteiger charge is -2.36. The molecule has 8 heteroatoms. The maximum absolute atomic E-state index is 12.6. The fourth-order valence-electron chi connectivity index (χ4n) is 2.99. The molecule has 1 heterocycles. The third kappa shape index (κ3) is 4.93. The Morgan fingerprint density at radius 2 is 1.48 bits per heavy atom. The number of halogens is 4. The van der Waals surface area contributed by atoms with Gasteiger partial charge in [-0.2, -0.15) is 13.2 Å². The van der Waals surface area contributed by atoms with E-state index in [2.05, 4.69) is 0 Å². The Morgan fingerprint density at radius 1 is 0.926 bits per heavy atom. The summed E-state index contributed by atoms with van der Waals surface area (Å²) in [5.74, 6) is -0.0411. The Bertz CT molecular complexity index is 755. The third-order valence-corrected chi connectivity index (χ3v) is 4.56. The molecule has 0 bridgehead atoms. The summed E-state index contributed by atoms with van der Waals surface area (Å²) in [6, 6.07) is 12.4. The molecule has 0 unspecified atom stereocenters. The summed E-state index contributed by atoms with van der Waals surface area (Å²) in [6.45, 7) is 2.65. The first kappa shape index (κ1) is 21.1. The smallest absolute Gasteiger partial charge is 0.368 e. The van der Waals surface area contributed by atoms with Crippen LogP contribution in [0.3, 0.4) is 0 Å². The van der Waals surface area contributed by atoms with Crippen LogP contribution in [0.5, 0.6) is 0 Å². The van der Waals surface area contributed by atoms with Gasteiger partial charge in [0.05, 0.1) is 5.56 Å². The largest absolute Gasteiger partial charge is 0.416 e. The van der Waals surface area contributed by atoms with Crippen LogP contribution in [-0.2, 0) is 12.7 Å². The number of benzene rings is 2. The van der Waals surface area contributed by atoms with Crippen molar-refractivity contribution < 1.29 is 18.0 Å². The zero-order chi connectivity index (χ0) is 18.7. The van der Waals surface area contributed by atoms with E-state index < -0.39 is 11.7 Å². The molecule has 0 saturated carbocycles. The highest BCUT2D eigenvalue weighted by molar-refractivity contribution is 5.94. The average Bonchev–Trinajstić information content (AvgIpc) is 2.67. The quantitative estimate of drug-likeness (QED) is 0.858. The molecule has 146 valence electrons. The van der Waals surface area contributed by atoms with Gasteiger partial charge in [-0.05, 0) is 42.0 Å². The topological polar surface area (TPSA) is 49.6 Å². The molecule has 1 aliphatic heterocycles. The van der Waals surface area contributed by atoms with Crippen LogP contribution in [0.1, 0.15) is 21.5 Å². The molecule has 1 aliphatic rings. The minimum Gasteiger partial charge on any atom is -0.368 e. The highest BCUT2D eigenvalue weighted by atomic mass is 35.5. The van der Waals surface area contributed by atoms with Crippen LogP contribution >= 0.6 is 12.4 Å². The minimum absolute atomic E-state index is 0. The lowest BCUT2D eigenvalue weighted by molar-refractivity contribution is -0.137. The van der Waals surface area contributed by atoms with E-state index in [1.165, 1.54) is 12.1 Å². The minimum atomic E-state index is -4.33. The van der Waals surface area contributed by atoms with Gasteiger partial charge in [-0.25, -0.2) is 0 Å². The first-order valence-corrected chi connectivity index (χ1v) is 8.39. The Labute approximate surface area is 162 Å². The van der Waals surface area contributed by atoms with Crippen LogP contribution in [0.25, 0.3) is 0 Å². The van der Waals surface area contributed by atoms with Gasteiger partial charge in [0, 0.05) is 44.0 Å². The number of hydrogen-bond acceptors (Lipinski definition) is 3. The number of rotatable bonds is 3. The summed E-state index contributed by atoms with van der Waals surface area (Å²) in [5, 5.41) is 0. The zero-order valence-electron chi connectivity index (χ0n) is 14.6. The highest BCUT2D eigenvalue weighted by Crippen LogP contribution is 2.30. The van der Waals surface area contributed by atoms with E-state index >= 15 is 0 Å². The van der Waals surface area contributed by atoms with Gasteiger partial charge in [0.25, 0.3) is 5.91 Å². The summed E-state index contributed by atoms with van der Waals surface area (Å²) in [6.07, 6.45) is -4.33. The van der Waals surface area contributed by atoms with Crippen molar-refractivity contribution in [3.63, 3.8) is 0 Å². The van der Waals surface area contributed by atoms with E-state index in [9.17, 15) is 18.0 Å². The second kappa shape index (κ2) is 8.63. The standard InChI is InChI=1S/C19H20F3N3O.ClH/c20-19(21,22)16-5-7-17(8-6-16)24-9-11-25(12-10-24)18(26)15-3-1-14(13-23)2-4-15;/h1-8H,9-13,23H2;1H. The van der Waals surface area contributed by atoms with E-state index in [1.54, 1.807) is 17.0 Å². The van der Waals surface area contributed by atoms with Crippen molar-refractivity contribution in [2.24, 2.45) is 5.73 Å². The zero-order valence-corrected chi connectivity index (χ0v) is 15.4. The molecule has 2 N–H and O–H groups in total. The number of anilines is 1. The van der Waals surface area contributed by atoms with Gasteiger partial charge in [0.1, 0.15) is 0 Å². The number of piperazine rings is 1. The van der Waals surface area contributed by atoms with Crippen LogP contribution in [0.2, 0.25) is 0 Å². The number of nitrogens with two attached hydrogens (primary N) is 1. The van der Waals surface area contributed by atoms with Gasteiger partial charge in [0.2, 0.25) is 0 Å². The molecular formula is C19H21ClF3N3O. The lowest BCUT2D eigenvalue weighted by Crippen LogP contribution is -2.48. The molecule has 4 nitrogen and oxygen atoms in total. The molecule has 0 aliphatic carbocycles. The van der Waals surface area contributed by atoms with E-state index in [0.29, 0.717) is 38.3 Å². The number of nitrogens with zero attached hydrogens (tertiary/aromatic N) is 2. The Balaban J connectivity index is 0.00000261. The summed E-state index contributed by atoms with van der Waals surface area (Å²) in [5.41, 5.74) is 7.22. The van der Waals surface area contributed by atoms with Crippen LogP contribution in [0, 0.1) is 0 Å². The van der Waals surface area contributed by atoms with Gasteiger partial charge in [-0.1, -0.05) is 12.1 Å². The van der Waals surface area contributed by atoms with Crippen molar-refractivity contribution >= 4 is 24.0 Å². The molecule has 2 aromatic carbocycles. The molecule has 0 aromatic heterocycles.